The van der Waals surface area contributed by atoms with Gasteiger partial charge in [-0.05, 0) is 41.8 Å². The molecule has 110 valence electrons. The summed E-state index contributed by atoms with van der Waals surface area (Å²) in [6.07, 6.45) is 0. The molecule has 0 aromatic heterocycles. The largest absolute Gasteiger partial charge is 0.506 e. The molecule has 3 N–H and O–H groups in total. The van der Waals surface area contributed by atoms with Crippen LogP contribution in [0.5, 0.6) is 5.75 Å². The molecule has 3 aromatic rings. The Labute approximate surface area is 138 Å². The molecule has 0 fully saturated rings. The molecule has 0 aliphatic heterocycles. The lowest BCUT2D eigenvalue weighted by Gasteiger charge is -2.07. The Hall–Kier alpha value is -2.18. The number of thiol groups is 2. The number of nitrogen functional groups attached to an aromatic ring is 1. The molecule has 0 amide bonds. The van der Waals surface area contributed by atoms with E-state index >= 15 is 0 Å². The quantitative estimate of drug-likeness (QED) is 0.300. The highest BCUT2D eigenvalue weighted by molar-refractivity contribution is 7.80. The summed E-state index contributed by atoms with van der Waals surface area (Å²) in [4.78, 5) is 1.46. The maximum absolute atomic E-state index is 9.70. The maximum Gasteiger partial charge on any atom is 0.143 e. The van der Waals surface area contributed by atoms with Gasteiger partial charge in [0.2, 0.25) is 0 Å². The number of fused-ring (bicyclic) bond motifs is 1. The van der Waals surface area contributed by atoms with Crippen molar-refractivity contribution in [1.29, 1.82) is 0 Å². The molecule has 0 radical (unpaired) electrons. The average Bonchev–Trinajstić information content (AvgIpc) is 2.46. The standard InChI is InChI=1S/C16H13N3OS2/c17-12-7-10(21)5-9-6-16(22)14(8-11(9)12)19-18-13-3-1-2-4-15(13)20/h1-8,20-22H,17H2. The highest BCUT2D eigenvalue weighted by Crippen LogP contribution is 2.35. The van der Waals surface area contributed by atoms with Crippen LogP contribution in [0.1, 0.15) is 0 Å². The number of anilines is 1. The van der Waals surface area contributed by atoms with Crippen LogP contribution < -0.4 is 5.73 Å². The Bertz CT molecular complexity index is 894. The summed E-state index contributed by atoms with van der Waals surface area (Å²) in [6, 6.07) is 14.1. The molecule has 3 rings (SSSR count). The van der Waals surface area contributed by atoms with Crippen molar-refractivity contribution in [2.75, 3.05) is 5.73 Å². The molecule has 0 saturated heterocycles. The Morgan fingerprint density at radius 2 is 1.64 bits per heavy atom. The summed E-state index contributed by atoms with van der Waals surface area (Å²) in [6.45, 7) is 0. The third-order valence-electron chi connectivity index (χ3n) is 3.21. The summed E-state index contributed by atoms with van der Waals surface area (Å²) in [7, 11) is 0. The summed E-state index contributed by atoms with van der Waals surface area (Å²) < 4.78 is 0. The van der Waals surface area contributed by atoms with E-state index in [4.69, 9.17) is 5.73 Å². The van der Waals surface area contributed by atoms with Gasteiger partial charge >= 0.3 is 0 Å². The van der Waals surface area contributed by atoms with Crippen molar-refractivity contribution in [1.82, 2.24) is 0 Å². The van der Waals surface area contributed by atoms with Gasteiger partial charge in [0.15, 0.2) is 0 Å². The minimum absolute atomic E-state index is 0.0759. The third kappa shape index (κ3) is 2.88. The molecule has 3 aromatic carbocycles. The average molecular weight is 327 g/mol. The van der Waals surface area contributed by atoms with E-state index in [1.165, 1.54) is 0 Å². The zero-order chi connectivity index (χ0) is 15.7. The molecule has 0 heterocycles. The molecule has 0 unspecified atom stereocenters. The van der Waals surface area contributed by atoms with E-state index in [1.54, 1.807) is 30.3 Å². The van der Waals surface area contributed by atoms with Crippen LogP contribution in [-0.4, -0.2) is 5.11 Å². The van der Waals surface area contributed by atoms with E-state index in [9.17, 15) is 5.11 Å². The first-order valence-electron chi connectivity index (χ1n) is 6.49. The number of rotatable bonds is 2. The first-order valence-corrected chi connectivity index (χ1v) is 7.39. The minimum Gasteiger partial charge on any atom is -0.506 e. The molecular weight excluding hydrogens is 314 g/mol. The number of nitrogens with zero attached hydrogens (tertiary/aromatic N) is 2. The van der Waals surface area contributed by atoms with Crippen molar-refractivity contribution in [2.24, 2.45) is 10.2 Å². The third-order valence-corrected chi connectivity index (χ3v) is 3.83. The van der Waals surface area contributed by atoms with E-state index in [1.807, 2.05) is 18.2 Å². The van der Waals surface area contributed by atoms with Crippen LogP contribution in [0, 0.1) is 0 Å². The Balaban J connectivity index is 2.08. The lowest BCUT2D eigenvalue weighted by atomic mass is 10.1. The van der Waals surface area contributed by atoms with Gasteiger partial charge in [0, 0.05) is 20.9 Å². The summed E-state index contributed by atoms with van der Waals surface area (Å²) in [5.74, 6) is 0.0759. The van der Waals surface area contributed by atoms with E-state index in [-0.39, 0.29) is 5.75 Å². The van der Waals surface area contributed by atoms with Crippen LogP contribution in [0.25, 0.3) is 10.8 Å². The second kappa shape index (κ2) is 5.90. The highest BCUT2D eigenvalue weighted by atomic mass is 32.1. The van der Waals surface area contributed by atoms with Gasteiger partial charge < -0.3 is 10.8 Å². The summed E-state index contributed by atoms with van der Waals surface area (Å²) >= 11 is 8.75. The Morgan fingerprint density at radius 1 is 0.909 bits per heavy atom. The topological polar surface area (TPSA) is 71.0 Å². The molecule has 0 bridgehead atoms. The first-order chi connectivity index (χ1) is 10.5. The minimum atomic E-state index is 0.0759. The van der Waals surface area contributed by atoms with Gasteiger partial charge in [0.05, 0.1) is 5.69 Å². The predicted molar refractivity (Wildman–Crippen MR) is 95.1 cm³/mol. The lowest BCUT2D eigenvalue weighted by molar-refractivity contribution is 0.476. The fraction of sp³-hybridized carbons (Fsp3) is 0. The van der Waals surface area contributed by atoms with Gasteiger partial charge in [-0.2, -0.15) is 0 Å². The van der Waals surface area contributed by atoms with Crippen molar-refractivity contribution in [2.45, 2.75) is 9.79 Å². The molecule has 22 heavy (non-hydrogen) atoms. The fourth-order valence-electron chi connectivity index (χ4n) is 2.14. The first kappa shape index (κ1) is 14.7. The van der Waals surface area contributed by atoms with E-state index < -0.39 is 0 Å². The number of azo groups is 1. The SMILES string of the molecule is Nc1cc(S)cc2cc(S)c(N=Nc3ccccc3O)cc12. The van der Waals surface area contributed by atoms with Crippen LogP contribution in [0.15, 0.2) is 68.6 Å². The van der Waals surface area contributed by atoms with Crippen LogP contribution in [-0.2, 0) is 0 Å². The second-order valence-electron chi connectivity index (χ2n) is 4.79. The van der Waals surface area contributed by atoms with Gasteiger partial charge in [-0.25, -0.2) is 0 Å². The normalized spacial score (nSPS) is 11.4. The van der Waals surface area contributed by atoms with Crippen LogP contribution in [0.4, 0.5) is 17.1 Å². The van der Waals surface area contributed by atoms with Crippen LogP contribution in [0.3, 0.4) is 0 Å². The molecule has 0 saturated carbocycles. The molecule has 0 aliphatic rings. The van der Waals surface area contributed by atoms with Crippen LogP contribution in [0.2, 0.25) is 0 Å². The number of hydrogen-bond acceptors (Lipinski definition) is 6. The van der Waals surface area contributed by atoms with E-state index in [2.05, 4.69) is 35.5 Å². The summed E-state index contributed by atoms with van der Waals surface area (Å²) in [5.41, 5.74) is 7.62. The van der Waals surface area contributed by atoms with E-state index in [0.717, 1.165) is 15.7 Å². The van der Waals surface area contributed by atoms with Gasteiger partial charge in [-0.15, -0.1) is 35.5 Å². The van der Waals surface area contributed by atoms with Crippen molar-refractivity contribution in [3.05, 3.63) is 48.5 Å². The van der Waals surface area contributed by atoms with Crippen molar-refractivity contribution in [3.8, 4) is 5.75 Å². The van der Waals surface area contributed by atoms with Gasteiger partial charge in [-0.3, -0.25) is 0 Å². The number of phenolic OH excluding ortho intramolecular Hbond substituents is 1. The van der Waals surface area contributed by atoms with E-state index in [0.29, 0.717) is 22.0 Å². The number of para-hydroxylation sites is 1. The molecular formula is C16H13N3OS2. The van der Waals surface area contributed by atoms with Crippen molar-refractivity contribution in [3.63, 3.8) is 0 Å². The molecule has 6 heteroatoms. The van der Waals surface area contributed by atoms with Gasteiger partial charge in [0.25, 0.3) is 0 Å². The molecule has 0 atom stereocenters. The van der Waals surface area contributed by atoms with Crippen molar-refractivity contribution < 1.29 is 5.11 Å². The lowest BCUT2D eigenvalue weighted by Crippen LogP contribution is -1.87. The molecule has 0 aliphatic carbocycles. The smallest absolute Gasteiger partial charge is 0.143 e. The van der Waals surface area contributed by atoms with Gasteiger partial charge in [-0.1, -0.05) is 12.1 Å². The van der Waals surface area contributed by atoms with Gasteiger partial charge in [0.1, 0.15) is 11.4 Å². The summed E-state index contributed by atoms with van der Waals surface area (Å²) in [5, 5.41) is 19.7. The zero-order valence-corrected chi connectivity index (χ0v) is 13.2. The predicted octanol–water partition coefficient (Wildman–Crippen LogP) is 5.12. The maximum atomic E-state index is 9.70. The fourth-order valence-corrected chi connectivity index (χ4v) is 2.66. The van der Waals surface area contributed by atoms with Crippen LogP contribution >= 0.6 is 25.3 Å². The number of benzene rings is 3. The number of phenols is 1. The number of aromatic hydroxyl groups is 1. The molecule has 4 nitrogen and oxygen atoms in total. The zero-order valence-electron chi connectivity index (χ0n) is 11.4. The molecule has 0 spiro atoms. The number of hydrogen-bond donors (Lipinski definition) is 4. The highest BCUT2D eigenvalue weighted by Gasteiger charge is 2.06. The Kier molecular flexibility index (Phi) is 3.96. The Morgan fingerprint density at radius 3 is 2.41 bits per heavy atom. The monoisotopic (exact) mass is 327 g/mol. The number of nitrogens with two attached hydrogens (primary N) is 1. The van der Waals surface area contributed by atoms with Crippen molar-refractivity contribution >= 4 is 53.1 Å². The second-order valence-corrected chi connectivity index (χ2v) is 5.78.